The fraction of sp³-hybridized carbons (Fsp3) is 0.433. The minimum absolute atomic E-state index is 0.0399. The molecule has 0 bridgehead atoms. The normalized spacial score (nSPS) is 18.6. The zero-order chi connectivity index (χ0) is 28.6. The molecule has 4 rings (SSSR count). The maximum absolute atomic E-state index is 12.7. The predicted octanol–water partition coefficient (Wildman–Crippen LogP) is 2.88. The van der Waals surface area contributed by atoms with E-state index < -0.39 is 6.04 Å². The molecule has 208 valence electrons. The molecule has 2 fully saturated rings. The zero-order valence-electron chi connectivity index (χ0n) is 23.4. The molecule has 1 atom stereocenters. The van der Waals surface area contributed by atoms with Crippen LogP contribution in [-0.2, 0) is 9.59 Å². The summed E-state index contributed by atoms with van der Waals surface area (Å²) in [6, 6.07) is 9.15. The summed E-state index contributed by atoms with van der Waals surface area (Å²) in [5.41, 5.74) is 2.02. The van der Waals surface area contributed by atoms with Crippen molar-refractivity contribution in [1.29, 1.82) is 5.26 Å². The molecule has 0 spiro atoms. The Morgan fingerprint density at radius 3 is 2.67 bits per heavy atom. The molecule has 40 heavy (non-hydrogen) atoms. The van der Waals surface area contributed by atoms with Crippen molar-refractivity contribution in [2.24, 2.45) is 5.92 Å². The molecule has 0 saturated heterocycles. The number of nitrogens with zero attached hydrogens (tertiary/aromatic N) is 5. The Hall–Kier alpha value is -4.41. The number of amides is 2. The van der Waals surface area contributed by atoms with E-state index in [0.29, 0.717) is 29.9 Å². The van der Waals surface area contributed by atoms with Gasteiger partial charge in [0.1, 0.15) is 11.9 Å². The summed E-state index contributed by atoms with van der Waals surface area (Å²) in [5.74, 6) is 7.45. The van der Waals surface area contributed by atoms with Gasteiger partial charge in [0.2, 0.25) is 17.8 Å². The molecule has 3 N–H and O–H groups in total. The van der Waals surface area contributed by atoms with Crippen LogP contribution in [0.2, 0.25) is 0 Å². The number of hydrogen-bond acceptors (Lipinski definition) is 8. The lowest BCUT2D eigenvalue weighted by Gasteiger charge is -2.34. The van der Waals surface area contributed by atoms with E-state index in [2.05, 4.69) is 43.8 Å². The first-order chi connectivity index (χ1) is 19.2. The van der Waals surface area contributed by atoms with Gasteiger partial charge in [0.05, 0.1) is 23.4 Å². The lowest BCUT2D eigenvalue weighted by molar-refractivity contribution is -0.135. The third kappa shape index (κ3) is 8.05. The van der Waals surface area contributed by atoms with Gasteiger partial charge >= 0.3 is 0 Å². The second kappa shape index (κ2) is 13.1. The third-order valence-electron chi connectivity index (χ3n) is 6.89. The monoisotopic (exact) mass is 540 g/mol. The summed E-state index contributed by atoms with van der Waals surface area (Å²) in [5, 5.41) is 18.8. The zero-order valence-corrected chi connectivity index (χ0v) is 23.4. The first-order valence-electron chi connectivity index (χ1n) is 13.5. The van der Waals surface area contributed by atoms with Crippen molar-refractivity contribution in [3.63, 3.8) is 0 Å². The summed E-state index contributed by atoms with van der Waals surface area (Å²) in [4.78, 5) is 37.5. The van der Waals surface area contributed by atoms with E-state index in [4.69, 9.17) is 5.26 Å². The number of nitriles is 1. The van der Waals surface area contributed by atoms with Crippen LogP contribution in [0.15, 0.2) is 42.6 Å². The number of carbonyl (C=O) groups is 2. The first kappa shape index (κ1) is 28.6. The van der Waals surface area contributed by atoms with Crippen molar-refractivity contribution < 1.29 is 9.59 Å². The highest BCUT2D eigenvalue weighted by atomic mass is 16.2. The van der Waals surface area contributed by atoms with Crippen LogP contribution in [0.1, 0.15) is 43.7 Å². The molecule has 1 heterocycles. The Bertz CT molecular complexity index is 1360. The molecule has 2 aliphatic carbocycles. The van der Waals surface area contributed by atoms with Gasteiger partial charge in [0, 0.05) is 43.4 Å². The van der Waals surface area contributed by atoms with E-state index in [0.717, 1.165) is 36.9 Å². The van der Waals surface area contributed by atoms with Crippen LogP contribution in [0, 0.1) is 29.1 Å². The molecule has 2 amide bonds. The number of hydrogen-bond donors (Lipinski definition) is 3. The quantitative estimate of drug-likeness (QED) is 0.310. The van der Waals surface area contributed by atoms with E-state index in [1.54, 1.807) is 38.4 Å². The Labute approximate surface area is 235 Å². The van der Waals surface area contributed by atoms with Gasteiger partial charge in [-0.05, 0) is 64.9 Å². The molecule has 2 saturated carbocycles. The van der Waals surface area contributed by atoms with Crippen molar-refractivity contribution in [3.05, 3.63) is 53.7 Å². The smallest absolute Gasteiger partial charge is 0.246 e. The number of aromatic nitrogens is 2. The second-order valence-corrected chi connectivity index (χ2v) is 10.6. The van der Waals surface area contributed by atoms with Gasteiger partial charge in [0.15, 0.2) is 0 Å². The Morgan fingerprint density at radius 2 is 1.98 bits per heavy atom. The molecule has 1 aromatic carbocycles. The molecule has 0 unspecified atom stereocenters. The third-order valence-corrected chi connectivity index (χ3v) is 6.89. The highest BCUT2D eigenvalue weighted by Crippen LogP contribution is 2.29. The van der Waals surface area contributed by atoms with Crippen LogP contribution >= 0.6 is 0 Å². The molecule has 2 aliphatic rings. The summed E-state index contributed by atoms with van der Waals surface area (Å²) in [7, 11) is 5.49. The topological polar surface area (TPSA) is 126 Å². The number of benzene rings is 1. The second-order valence-electron chi connectivity index (χ2n) is 10.6. The summed E-state index contributed by atoms with van der Waals surface area (Å²) >= 11 is 0. The van der Waals surface area contributed by atoms with Crippen molar-refractivity contribution in [2.45, 2.75) is 50.7 Å². The van der Waals surface area contributed by atoms with Crippen LogP contribution in [0.3, 0.4) is 0 Å². The van der Waals surface area contributed by atoms with E-state index in [1.165, 1.54) is 11.0 Å². The lowest BCUT2D eigenvalue weighted by atomic mass is 9.80. The van der Waals surface area contributed by atoms with Gasteiger partial charge < -0.3 is 25.8 Å². The molecule has 0 aliphatic heterocycles. The molecule has 2 aromatic rings. The van der Waals surface area contributed by atoms with E-state index >= 15 is 0 Å². The van der Waals surface area contributed by atoms with Crippen LogP contribution < -0.4 is 16.0 Å². The van der Waals surface area contributed by atoms with Gasteiger partial charge in [-0.1, -0.05) is 24.0 Å². The highest BCUT2D eigenvalue weighted by molar-refractivity contribution is 5.92. The standard InChI is InChI=1S/C30H36N8O2/c1-20(38(4)27(39)9-6-14-37(2)3)29(40)34-26-15-21(16-26)10-11-23-19-32-30(36-28(23)33-24-12-13-24)35-25-8-5-7-22(17-25)18-31/h5-9,17,19-21,24,26H,12-16H2,1-4H3,(H,34,40)(H2,32,33,35,36)/b9-6+/t20-,21-,26-/m0/s1. The number of carbonyl (C=O) groups excluding carboxylic acids is 2. The van der Waals surface area contributed by atoms with Gasteiger partial charge in [-0.25, -0.2) is 4.98 Å². The van der Waals surface area contributed by atoms with E-state index in [1.807, 2.05) is 31.1 Å². The lowest BCUT2D eigenvalue weighted by Crippen LogP contribution is -2.51. The van der Waals surface area contributed by atoms with Crippen molar-refractivity contribution in [1.82, 2.24) is 25.1 Å². The Balaban J connectivity index is 1.31. The van der Waals surface area contributed by atoms with Gasteiger partial charge in [0.25, 0.3) is 0 Å². The molecular weight excluding hydrogens is 504 g/mol. The molecule has 10 nitrogen and oxygen atoms in total. The molecule has 0 radical (unpaired) electrons. The van der Waals surface area contributed by atoms with Crippen molar-refractivity contribution >= 4 is 29.3 Å². The molecule has 1 aromatic heterocycles. The SMILES string of the molecule is C[C@@H](C(=O)N[C@H]1C[C@H](C#Cc2cnc(Nc3cccc(C#N)c3)nc2NC2CC2)C1)N(C)C(=O)/C=C/CN(C)C. The highest BCUT2D eigenvalue weighted by Gasteiger charge is 2.31. The molecular formula is C30H36N8O2. The Kier molecular flexibility index (Phi) is 9.36. The van der Waals surface area contributed by atoms with Crippen molar-refractivity contribution in [3.8, 4) is 17.9 Å². The minimum Gasteiger partial charge on any atom is -0.366 e. The van der Waals surface area contributed by atoms with Crippen molar-refractivity contribution in [2.75, 3.05) is 38.3 Å². The van der Waals surface area contributed by atoms with Gasteiger partial charge in [-0.2, -0.15) is 10.2 Å². The summed E-state index contributed by atoms with van der Waals surface area (Å²) in [6.45, 7) is 2.39. The average Bonchev–Trinajstić information content (AvgIpc) is 3.73. The predicted molar refractivity (Wildman–Crippen MR) is 155 cm³/mol. The average molecular weight is 541 g/mol. The number of likely N-dealkylation sites (N-methyl/N-ethyl adjacent to an activating group) is 2. The maximum Gasteiger partial charge on any atom is 0.246 e. The van der Waals surface area contributed by atoms with Crippen LogP contribution in [0.25, 0.3) is 0 Å². The van der Waals surface area contributed by atoms with Gasteiger partial charge in [-0.15, -0.1) is 0 Å². The maximum atomic E-state index is 12.7. The number of rotatable bonds is 10. The van der Waals surface area contributed by atoms with Crippen LogP contribution in [0.5, 0.6) is 0 Å². The Morgan fingerprint density at radius 1 is 1.20 bits per heavy atom. The fourth-order valence-electron chi connectivity index (χ4n) is 4.06. The van der Waals surface area contributed by atoms with Crippen LogP contribution in [0.4, 0.5) is 17.5 Å². The fourth-order valence-corrected chi connectivity index (χ4v) is 4.06. The van der Waals surface area contributed by atoms with E-state index in [9.17, 15) is 9.59 Å². The van der Waals surface area contributed by atoms with Crippen LogP contribution in [-0.4, -0.2) is 77.4 Å². The number of nitrogens with one attached hydrogen (secondary N) is 3. The minimum atomic E-state index is -0.565. The first-order valence-corrected chi connectivity index (χ1v) is 13.5. The van der Waals surface area contributed by atoms with E-state index in [-0.39, 0.29) is 23.8 Å². The van der Waals surface area contributed by atoms with Gasteiger partial charge in [-0.3, -0.25) is 9.59 Å². The number of anilines is 3. The molecule has 10 heteroatoms. The summed E-state index contributed by atoms with van der Waals surface area (Å²) in [6.07, 6.45) is 8.71. The summed E-state index contributed by atoms with van der Waals surface area (Å²) < 4.78 is 0. The largest absolute Gasteiger partial charge is 0.366 e.